The van der Waals surface area contributed by atoms with Gasteiger partial charge in [0.25, 0.3) is 5.56 Å². The Balaban J connectivity index is 1.90. The number of methoxy groups -OCH3 is 1. The van der Waals surface area contributed by atoms with Crippen molar-refractivity contribution >= 4 is 32.5 Å². The van der Waals surface area contributed by atoms with Crippen molar-refractivity contribution in [3.63, 3.8) is 0 Å². The van der Waals surface area contributed by atoms with Gasteiger partial charge in [-0.25, -0.2) is 13.1 Å². The average Bonchev–Trinajstić information content (AvgIpc) is 2.59. The minimum Gasteiger partial charge on any atom is -0.497 e. The predicted octanol–water partition coefficient (Wildman–Crippen LogP) is 2.67. The highest BCUT2D eigenvalue weighted by Gasteiger charge is 2.15. The molecule has 2 aromatic carbocycles. The second kappa shape index (κ2) is 6.87. The maximum Gasteiger partial charge on any atom is 0.252 e. The zero-order valence-corrected chi connectivity index (χ0v) is 14.8. The number of aromatic nitrogens is 1. The fraction of sp³-hybridized carbons (Fsp3) is 0.118. The van der Waals surface area contributed by atoms with E-state index >= 15 is 0 Å². The van der Waals surface area contributed by atoms with Gasteiger partial charge in [0.05, 0.1) is 12.0 Å². The van der Waals surface area contributed by atoms with Crippen molar-refractivity contribution in [2.75, 3.05) is 7.11 Å². The Morgan fingerprint density at radius 2 is 1.96 bits per heavy atom. The largest absolute Gasteiger partial charge is 0.497 e. The van der Waals surface area contributed by atoms with Crippen LogP contribution >= 0.6 is 11.6 Å². The lowest BCUT2D eigenvalue weighted by atomic mass is 10.1. The van der Waals surface area contributed by atoms with E-state index in [4.69, 9.17) is 16.3 Å². The van der Waals surface area contributed by atoms with E-state index in [-0.39, 0.29) is 17.0 Å². The zero-order chi connectivity index (χ0) is 18.0. The summed E-state index contributed by atoms with van der Waals surface area (Å²) in [5, 5.41) is 1.06. The summed E-state index contributed by atoms with van der Waals surface area (Å²) < 4.78 is 32.2. The molecule has 1 aromatic heterocycles. The van der Waals surface area contributed by atoms with Crippen LogP contribution in [0.4, 0.5) is 0 Å². The van der Waals surface area contributed by atoms with Gasteiger partial charge in [0, 0.05) is 28.0 Å². The molecular weight excluding hydrogens is 364 g/mol. The molecule has 3 aromatic rings. The molecule has 0 spiro atoms. The van der Waals surface area contributed by atoms with Crippen LogP contribution in [0.5, 0.6) is 5.75 Å². The number of benzene rings is 2. The molecule has 1 heterocycles. The van der Waals surface area contributed by atoms with Gasteiger partial charge in [0.1, 0.15) is 5.75 Å². The molecule has 0 atom stereocenters. The van der Waals surface area contributed by atoms with Crippen molar-refractivity contribution in [1.29, 1.82) is 0 Å². The molecule has 0 aliphatic carbocycles. The summed E-state index contributed by atoms with van der Waals surface area (Å²) in [7, 11) is -2.23. The molecule has 0 aliphatic rings. The third-order valence-corrected chi connectivity index (χ3v) is 5.32. The highest BCUT2D eigenvalue weighted by atomic mass is 35.5. The Morgan fingerprint density at radius 1 is 1.16 bits per heavy atom. The van der Waals surface area contributed by atoms with Crippen LogP contribution in [0.15, 0.2) is 58.2 Å². The first-order valence-corrected chi connectivity index (χ1v) is 9.20. The monoisotopic (exact) mass is 378 g/mol. The molecular formula is C17H15ClN2O4S. The van der Waals surface area contributed by atoms with Crippen LogP contribution in [0, 0.1) is 0 Å². The normalized spacial score (nSPS) is 11.6. The second-order valence-corrected chi connectivity index (χ2v) is 7.56. The van der Waals surface area contributed by atoms with Gasteiger partial charge in [0.15, 0.2) is 0 Å². The Bertz CT molecular complexity index is 1090. The lowest BCUT2D eigenvalue weighted by Gasteiger charge is -2.08. The quantitative estimate of drug-likeness (QED) is 0.714. The van der Waals surface area contributed by atoms with Gasteiger partial charge in [-0.3, -0.25) is 4.79 Å². The highest BCUT2D eigenvalue weighted by Crippen LogP contribution is 2.19. The summed E-state index contributed by atoms with van der Waals surface area (Å²) in [6.07, 6.45) is 0. The van der Waals surface area contributed by atoms with Gasteiger partial charge in [-0.15, -0.1) is 0 Å². The van der Waals surface area contributed by atoms with Gasteiger partial charge in [-0.05, 0) is 42.5 Å². The summed E-state index contributed by atoms with van der Waals surface area (Å²) in [5.74, 6) is 0.644. The number of pyridine rings is 1. The smallest absolute Gasteiger partial charge is 0.252 e. The zero-order valence-electron chi connectivity index (χ0n) is 13.2. The van der Waals surface area contributed by atoms with Crippen LogP contribution in [-0.4, -0.2) is 20.5 Å². The molecule has 8 heteroatoms. The first kappa shape index (κ1) is 17.5. The number of hydrogen-bond acceptors (Lipinski definition) is 4. The highest BCUT2D eigenvalue weighted by molar-refractivity contribution is 7.89. The van der Waals surface area contributed by atoms with E-state index in [9.17, 15) is 13.2 Å². The van der Waals surface area contributed by atoms with Crippen LogP contribution in [0.3, 0.4) is 0 Å². The number of rotatable bonds is 5. The van der Waals surface area contributed by atoms with Crippen LogP contribution in [-0.2, 0) is 16.6 Å². The van der Waals surface area contributed by atoms with E-state index in [1.54, 1.807) is 43.5 Å². The van der Waals surface area contributed by atoms with Gasteiger partial charge >= 0.3 is 0 Å². The number of fused-ring (bicyclic) bond motifs is 1. The maximum atomic E-state index is 12.3. The van der Waals surface area contributed by atoms with E-state index in [0.717, 1.165) is 5.39 Å². The fourth-order valence-electron chi connectivity index (χ4n) is 2.38. The molecule has 6 nitrogen and oxygen atoms in total. The Morgan fingerprint density at radius 3 is 2.68 bits per heavy atom. The average molecular weight is 379 g/mol. The molecule has 0 fully saturated rings. The van der Waals surface area contributed by atoms with Gasteiger partial charge in [-0.1, -0.05) is 17.7 Å². The number of nitrogens with one attached hydrogen (secondary N) is 2. The number of sulfonamides is 1. The molecule has 0 bridgehead atoms. The number of aromatic amines is 1. The van der Waals surface area contributed by atoms with E-state index in [1.165, 1.54) is 12.1 Å². The Hall–Kier alpha value is -2.35. The number of H-pyrrole nitrogens is 1. The van der Waals surface area contributed by atoms with Gasteiger partial charge < -0.3 is 9.72 Å². The fourth-order valence-corrected chi connectivity index (χ4v) is 3.69. The summed E-state index contributed by atoms with van der Waals surface area (Å²) in [4.78, 5) is 14.9. The number of hydrogen-bond donors (Lipinski definition) is 2. The van der Waals surface area contributed by atoms with Crippen molar-refractivity contribution in [2.45, 2.75) is 11.4 Å². The standard InChI is InChI=1S/C17H15ClN2O4S/c1-24-14-5-6-16-11(8-14)7-12(17(21)20-16)10-19-25(22,23)15-4-2-3-13(18)9-15/h2-9,19H,10H2,1H3,(H,20,21). The molecule has 0 aliphatic heterocycles. The first-order chi connectivity index (χ1) is 11.9. The second-order valence-electron chi connectivity index (χ2n) is 5.36. The molecule has 2 N–H and O–H groups in total. The van der Waals surface area contributed by atoms with E-state index < -0.39 is 10.0 Å². The minimum atomic E-state index is -3.78. The maximum absolute atomic E-state index is 12.3. The SMILES string of the molecule is COc1ccc2[nH]c(=O)c(CNS(=O)(=O)c3cccc(Cl)c3)cc2c1. The van der Waals surface area contributed by atoms with Gasteiger partial charge in [-0.2, -0.15) is 0 Å². The Kier molecular flexibility index (Phi) is 4.80. The molecule has 0 saturated heterocycles. The van der Waals surface area contributed by atoms with E-state index in [2.05, 4.69) is 9.71 Å². The number of halogens is 1. The molecule has 0 unspecified atom stereocenters. The van der Waals surface area contributed by atoms with Crippen LogP contribution < -0.4 is 15.0 Å². The van der Waals surface area contributed by atoms with Crippen molar-refractivity contribution in [2.24, 2.45) is 0 Å². The molecule has 130 valence electrons. The van der Waals surface area contributed by atoms with Crippen LogP contribution in [0.2, 0.25) is 5.02 Å². The lowest BCUT2D eigenvalue weighted by Crippen LogP contribution is -2.27. The Labute approximate surface area is 149 Å². The van der Waals surface area contributed by atoms with Gasteiger partial charge in [0.2, 0.25) is 10.0 Å². The molecule has 0 radical (unpaired) electrons. The summed E-state index contributed by atoms with van der Waals surface area (Å²) in [6, 6.07) is 12.8. The first-order valence-electron chi connectivity index (χ1n) is 7.34. The summed E-state index contributed by atoms with van der Waals surface area (Å²) in [6.45, 7) is -0.142. The van der Waals surface area contributed by atoms with E-state index in [0.29, 0.717) is 21.9 Å². The molecule has 3 rings (SSSR count). The van der Waals surface area contributed by atoms with Crippen LogP contribution in [0.1, 0.15) is 5.56 Å². The van der Waals surface area contributed by atoms with Crippen molar-refractivity contribution < 1.29 is 13.2 Å². The number of ether oxygens (including phenoxy) is 1. The van der Waals surface area contributed by atoms with Crippen molar-refractivity contribution in [1.82, 2.24) is 9.71 Å². The predicted molar refractivity (Wildman–Crippen MR) is 96.6 cm³/mol. The topological polar surface area (TPSA) is 88.3 Å². The molecule has 0 amide bonds. The van der Waals surface area contributed by atoms with Crippen molar-refractivity contribution in [3.8, 4) is 5.75 Å². The lowest BCUT2D eigenvalue weighted by molar-refractivity contribution is 0.415. The van der Waals surface area contributed by atoms with Crippen molar-refractivity contribution in [3.05, 3.63) is 69.5 Å². The minimum absolute atomic E-state index is 0.0406. The summed E-state index contributed by atoms with van der Waals surface area (Å²) >= 11 is 5.83. The molecule has 0 saturated carbocycles. The third kappa shape index (κ3) is 3.84. The summed E-state index contributed by atoms with van der Waals surface area (Å²) in [5.41, 5.74) is 0.588. The molecule has 25 heavy (non-hydrogen) atoms. The third-order valence-electron chi connectivity index (χ3n) is 3.69. The van der Waals surface area contributed by atoms with Crippen LogP contribution in [0.25, 0.3) is 10.9 Å². The van der Waals surface area contributed by atoms with E-state index in [1.807, 2.05) is 0 Å².